The van der Waals surface area contributed by atoms with E-state index in [0.29, 0.717) is 25.4 Å². The summed E-state index contributed by atoms with van der Waals surface area (Å²) in [6, 6.07) is 22.6. The Morgan fingerprint density at radius 2 is 1.76 bits per heavy atom. The van der Waals surface area contributed by atoms with Crippen molar-refractivity contribution >= 4 is 34.0 Å². The van der Waals surface area contributed by atoms with Gasteiger partial charge in [0.05, 0.1) is 10.4 Å². The summed E-state index contributed by atoms with van der Waals surface area (Å²) in [5.74, 6) is 2.12. The van der Waals surface area contributed by atoms with Gasteiger partial charge >= 0.3 is 0 Å². The Hall–Kier alpha value is -3.25. The number of hydrogen-bond acceptors (Lipinski definition) is 5. The molecule has 0 spiro atoms. The van der Waals surface area contributed by atoms with Gasteiger partial charge in [0.15, 0.2) is 5.82 Å². The number of para-hydroxylation sites is 1. The molecule has 0 saturated carbocycles. The van der Waals surface area contributed by atoms with Gasteiger partial charge in [-0.15, -0.1) is 11.3 Å². The predicted octanol–water partition coefficient (Wildman–Crippen LogP) is 5.57. The highest BCUT2D eigenvalue weighted by Gasteiger charge is 2.17. The fourth-order valence-corrected chi connectivity index (χ4v) is 4.35. The Kier molecular flexibility index (Phi) is 7.68. The summed E-state index contributed by atoms with van der Waals surface area (Å²) in [6.07, 6.45) is 1.30. The van der Waals surface area contributed by atoms with Crippen LogP contribution in [0.4, 0.5) is 5.82 Å². The average Bonchev–Trinajstić information content (AvgIpc) is 3.38. The van der Waals surface area contributed by atoms with Gasteiger partial charge in [0.1, 0.15) is 5.82 Å². The lowest BCUT2D eigenvalue weighted by atomic mass is 10.1. The van der Waals surface area contributed by atoms with Crippen molar-refractivity contribution in [3.8, 4) is 10.7 Å². The van der Waals surface area contributed by atoms with Crippen molar-refractivity contribution < 1.29 is 4.79 Å². The highest BCUT2D eigenvalue weighted by molar-refractivity contribution is 7.13. The highest BCUT2D eigenvalue weighted by atomic mass is 32.1. The number of anilines is 1. The number of nitrogens with one attached hydrogen (secondary N) is 1. The average molecular weight is 459 g/mol. The minimum atomic E-state index is 0.0743. The minimum absolute atomic E-state index is 0.0743. The predicted molar refractivity (Wildman–Crippen MR) is 138 cm³/mol. The zero-order chi connectivity index (χ0) is 23.0. The Balaban J connectivity index is 1.65. The summed E-state index contributed by atoms with van der Waals surface area (Å²) < 4.78 is 0. The van der Waals surface area contributed by atoms with Crippen LogP contribution in [0.25, 0.3) is 21.6 Å². The fourth-order valence-electron chi connectivity index (χ4n) is 3.69. The van der Waals surface area contributed by atoms with Gasteiger partial charge in [-0.1, -0.05) is 62.4 Å². The molecule has 0 radical (unpaired) electrons. The Labute approximate surface area is 199 Å². The van der Waals surface area contributed by atoms with Crippen LogP contribution in [0, 0.1) is 5.92 Å². The summed E-state index contributed by atoms with van der Waals surface area (Å²) in [5.41, 5.74) is 2.18. The first kappa shape index (κ1) is 22.9. The molecule has 1 N–H and O–H groups in total. The SMILES string of the molecule is CC(C)CNC(=O)CCN(CCc1ccccc1)c1nc(-c2cccs2)nc2ccccc12. The molecule has 2 aromatic carbocycles. The maximum atomic E-state index is 12.5. The van der Waals surface area contributed by atoms with E-state index >= 15 is 0 Å². The van der Waals surface area contributed by atoms with Gasteiger partial charge in [0, 0.05) is 31.4 Å². The minimum Gasteiger partial charge on any atom is -0.356 e. The second kappa shape index (κ2) is 11.1. The second-order valence-corrected chi connectivity index (χ2v) is 9.48. The van der Waals surface area contributed by atoms with Crippen molar-refractivity contribution in [2.75, 3.05) is 24.5 Å². The molecule has 0 aliphatic heterocycles. The monoisotopic (exact) mass is 458 g/mol. The molecule has 0 saturated heterocycles. The molecule has 4 rings (SSSR count). The standard InChI is InChI=1S/C27H30N4OS/c1-20(2)19-28-25(32)15-17-31(16-14-21-9-4-3-5-10-21)27-22-11-6-7-12-23(22)29-26(30-27)24-13-8-18-33-24/h3-13,18,20H,14-17,19H2,1-2H3,(H,28,32). The Morgan fingerprint density at radius 1 is 0.970 bits per heavy atom. The first-order chi connectivity index (χ1) is 16.1. The van der Waals surface area contributed by atoms with E-state index in [2.05, 4.69) is 54.4 Å². The lowest BCUT2D eigenvalue weighted by Crippen LogP contribution is -2.34. The van der Waals surface area contributed by atoms with Gasteiger partial charge in [-0.05, 0) is 41.5 Å². The first-order valence-electron chi connectivity index (χ1n) is 11.5. The van der Waals surface area contributed by atoms with Crippen molar-refractivity contribution in [2.45, 2.75) is 26.7 Å². The number of carbonyl (C=O) groups excluding carboxylic acids is 1. The van der Waals surface area contributed by atoms with Gasteiger partial charge in [-0.3, -0.25) is 4.79 Å². The smallest absolute Gasteiger partial charge is 0.221 e. The molecule has 0 unspecified atom stereocenters. The zero-order valence-electron chi connectivity index (χ0n) is 19.2. The van der Waals surface area contributed by atoms with E-state index in [4.69, 9.17) is 9.97 Å². The van der Waals surface area contributed by atoms with Crippen LogP contribution in [0.2, 0.25) is 0 Å². The topological polar surface area (TPSA) is 58.1 Å². The van der Waals surface area contributed by atoms with Gasteiger partial charge < -0.3 is 10.2 Å². The molecule has 1 amide bonds. The third-order valence-corrected chi connectivity index (χ3v) is 6.32. The van der Waals surface area contributed by atoms with Crippen molar-refractivity contribution in [3.05, 3.63) is 77.7 Å². The van der Waals surface area contributed by atoms with Crippen molar-refractivity contribution in [3.63, 3.8) is 0 Å². The number of thiophene rings is 1. The molecule has 2 aromatic heterocycles. The summed E-state index contributed by atoms with van der Waals surface area (Å²) >= 11 is 1.64. The molecule has 170 valence electrons. The van der Waals surface area contributed by atoms with Gasteiger partial charge in [-0.25, -0.2) is 9.97 Å². The van der Waals surface area contributed by atoms with Crippen LogP contribution >= 0.6 is 11.3 Å². The van der Waals surface area contributed by atoms with E-state index in [1.807, 2.05) is 41.8 Å². The van der Waals surface area contributed by atoms with Crippen LogP contribution in [0.3, 0.4) is 0 Å². The Morgan fingerprint density at radius 3 is 2.52 bits per heavy atom. The second-order valence-electron chi connectivity index (χ2n) is 8.54. The number of hydrogen-bond donors (Lipinski definition) is 1. The molecule has 5 nitrogen and oxygen atoms in total. The highest BCUT2D eigenvalue weighted by Crippen LogP contribution is 2.29. The molecular formula is C27H30N4OS. The van der Waals surface area contributed by atoms with E-state index in [-0.39, 0.29) is 5.91 Å². The van der Waals surface area contributed by atoms with Crippen LogP contribution in [0.1, 0.15) is 25.8 Å². The van der Waals surface area contributed by atoms with Crippen LogP contribution in [-0.4, -0.2) is 35.5 Å². The van der Waals surface area contributed by atoms with E-state index in [1.165, 1.54) is 5.56 Å². The maximum absolute atomic E-state index is 12.5. The molecule has 0 atom stereocenters. The molecule has 0 bridgehead atoms. The van der Waals surface area contributed by atoms with Crippen LogP contribution in [0.15, 0.2) is 72.1 Å². The van der Waals surface area contributed by atoms with Crippen LogP contribution in [-0.2, 0) is 11.2 Å². The van der Waals surface area contributed by atoms with Crippen LogP contribution < -0.4 is 10.2 Å². The van der Waals surface area contributed by atoms with Crippen molar-refractivity contribution in [1.82, 2.24) is 15.3 Å². The zero-order valence-corrected chi connectivity index (χ0v) is 20.0. The molecule has 0 aliphatic carbocycles. The third-order valence-electron chi connectivity index (χ3n) is 5.45. The van der Waals surface area contributed by atoms with Crippen LogP contribution in [0.5, 0.6) is 0 Å². The summed E-state index contributed by atoms with van der Waals surface area (Å²) in [4.78, 5) is 25.6. The number of rotatable bonds is 10. The van der Waals surface area contributed by atoms with Crippen molar-refractivity contribution in [1.29, 1.82) is 0 Å². The molecule has 6 heteroatoms. The fraction of sp³-hybridized carbons (Fsp3) is 0.296. The van der Waals surface area contributed by atoms with Gasteiger partial charge in [0.25, 0.3) is 0 Å². The molecule has 2 heterocycles. The summed E-state index contributed by atoms with van der Waals surface area (Å²) in [7, 11) is 0. The maximum Gasteiger partial charge on any atom is 0.221 e. The van der Waals surface area contributed by atoms with E-state index < -0.39 is 0 Å². The number of fused-ring (bicyclic) bond motifs is 1. The lowest BCUT2D eigenvalue weighted by molar-refractivity contribution is -0.121. The number of aromatic nitrogens is 2. The van der Waals surface area contributed by atoms with Crippen molar-refractivity contribution in [2.24, 2.45) is 5.92 Å². The van der Waals surface area contributed by atoms with E-state index in [1.54, 1.807) is 11.3 Å². The molecule has 0 fully saturated rings. The molecule has 4 aromatic rings. The molecule has 0 aliphatic rings. The Bertz CT molecular complexity index is 1180. The number of benzene rings is 2. The summed E-state index contributed by atoms with van der Waals surface area (Å²) in [5, 5.41) is 6.09. The number of nitrogens with zero attached hydrogens (tertiary/aromatic N) is 3. The number of amides is 1. The normalized spacial score (nSPS) is 11.1. The third kappa shape index (κ3) is 6.17. The lowest BCUT2D eigenvalue weighted by Gasteiger charge is -2.25. The molecular weight excluding hydrogens is 428 g/mol. The van der Waals surface area contributed by atoms with E-state index in [0.717, 1.165) is 40.4 Å². The van der Waals surface area contributed by atoms with E-state index in [9.17, 15) is 4.79 Å². The largest absolute Gasteiger partial charge is 0.356 e. The van der Waals surface area contributed by atoms with Gasteiger partial charge in [0.2, 0.25) is 5.91 Å². The molecule has 33 heavy (non-hydrogen) atoms. The summed E-state index contributed by atoms with van der Waals surface area (Å²) in [6.45, 7) is 6.27. The van der Waals surface area contributed by atoms with Gasteiger partial charge in [-0.2, -0.15) is 0 Å². The first-order valence-corrected chi connectivity index (χ1v) is 12.3. The number of carbonyl (C=O) groups is 1. The quantitative estimate of drug-likeness (QED) is 0.338.